The summed E-state index contributed by atoms with van der Waals surface area (Å²) >= 11 is 0. The van der Waals surface area contributed by atoms with Gasteiger partial charge in [0.1, 0.15) is 5.82 Å². The lowest BCUT2D eigenvalue weighted by Crippen LogP contribution is -2.47. The Bertz CT molecular complexity index is 871. The van der Waals surface area contributed by atoms with Crippen LogP contribution in [0.4, 0.5) is 5.82 Å². The van der Waals surface area contributed by atoms with Gasteiger partial charge in [0, 0.05) is 32.2 Å². The number of piperidine rings is 1. The number of hydrogen-bond acceptors (Lipinski definition) is 5. The van der Waals surface area contributed by atoms with Gasteiger partial charge in [0.2, 0.25) is 0 Å². The van der Waals surface area contributed by atoms with E-state index in [0.717, 1.165) is 24.0 Å². The van der Waals surface area contributed by atoms with Gasteiger partial charge in [0.25, 0.3) is 5.56 Å². The highest BCUT2D eigenvalue weighted by atomic mass is 16.2. The molecule has 1 saturated heterocycles. The highest BCUT2D eigenvalue weighted by molar-refractivity contribution is 5.44. The van der Waals surface area contributed by atoms with Gasteiger partial charge in [-0.25, -0.2) is 4.79 Å². The first-order valence-electron chi connectivity index (χ1n) is 10.1. The number of nitrogens with two attached hydrogens (primary N) is 1. The molecule has 1 aromatic heterocycles. The Morgan fingerprint density at radius 2 is 1.90 bits per heavy atom. The first kappa shape index (κ1) is 26.1. The molecule has 0 bridgehead atoms. The number of allylic oxidation sites excluding steroid dienone is 4. The van der Waals surface area contributed by atoms with Gasteiger partial charge in [-0.1, -0.05) is 53.0 Å². The van der Waals surface area contributed by atoms with Gasteiger partial charge in [-0.15, -0.1) is 0 Å². The lowest BCUT2D eigenvalue weighted by molar-refractivity contribution is 0.491. The van der Waals surface area contributed by atoms with Gasteiger partial charge in [0.05, 0.1) is 18.2 Å². The van der Waals surface area contributed by atoms with Crippen molar-refractivity contribution in [2.75, 3.05) is 18.0 Å². The zero-order valence-electron chi connectivity index (χ0n) is 18.4. The molecule has 1 fully saturated rings. The molecular weight excluding hydrogens is 366 g/mol. The molecule has 7 heteroatoms. The summed E-state index contributed by atoms with van der Waals surface area (Å²) in [5.74, 6) is 0.518. The van der Waals surface area contributed by atoms with Crippen molar-refractivity contribution >= 4 is 5.82 Å². The molecule has 0 spiro atoms. The molecule has 1 aliphatic rings. The number of rotatable bonds is 5. The van der Waals surface area contributed by atoms with Crippen LogP contribution in [0, 0.1) is 11.3 Å². The maximum atomic E-state index is 12.7. The standard InChI is InChI=1S/C18H23N5O2.2C2H6/c1-4-13(10-19)14(5-2)11-23-16(9-17(24)21(3)18(23)25)22-8-6-7-15(20)12-22;2*1-2/h4-5,9,15H,1-2,6-8,11-12,20H2,3H3;2*1-2H3/b14-13-;;. The van der Waals surface area contributed by atoms with E-state index in [2.05, 4.69) is 13.2 Å². The molecular formula is C22H35N5O2. The van der Waals surface area contributed by atoms with Gasteiger partial charge < -0.3 is 10.6 Å². The average Bonchev–Trinajstić information content (AvgIpc) is 2.76. The van der Waals surface area contributed by atoms with Crippen LogP contribution >= 0.6 is 0 Å². The predicted molar refractivity (Wildman–Crippen MR) is 121 cm³/mol. The maximum absolute atomic E-state index is 12.7. The summed E-state index contributed by atoms with van der Waals surface area (Å²) in [7, 11) is 1.43. The summed E-state index contributed by atoms with van der Waals surface area (Å²) in [5, 5.41) is 9.23. The molecule has 2 N–H and O–H groups in total. The molecule has 0 saturated carbocycles. The normalized spacial score (nSPS) is 16.2. The van der Waals surface area contributed by atoms with Crippen LogP contribution in [0.25, 0.3) is 0 Å². The van der Waals surface area contributed by atoms with Crippen LogP contribution in [-0.4, -0.2) is 28.3 Å². The van der Waals surface area contributed by atoms with E-state index in [4.69, 9.17) is 5.73 Å². The lowest BCUT2D eigenvalue weighted by atomic mass is 10.1. The van der Waals surface area contributed by atoms with E-state index < -0.39 is 5.69 Å². The van der Waals surface area contributed by atoms with E-state index in [1.165, 1.54) is 29.8 Å². The lowest BCUT2D eigenvalue weighted by Gasteiger charge is -2.34. The van der Waals surface area contributed by atoms with Crippen molar-refractivity contribution in [2.45, 2.75) is 53.1 Å². The fourth-order valence-corrected chi connectivity index (χ4v) is 2.97. The van der Waals surface area contributed by atoms with E-state index in [9.17, 15) is 14.9 Å². The van der Waals surface area contributed by atoms with Crippen molar-refractivity contribution in [1.82, 2.24) is 9.13 Å². The van der Waals surface area contributed by atoms with E-state index in [1.54, 1.807) is 0 Å². The third-order valence-corrected chi connectivity index (χ3v) is 4.40. The van der Waals surface area contributed by atoms with Crippen molar-refractivity contribution in [1.29, 1.82) is 5.26 Å². The van der Waals surface area contributed by atoms with Gasteiger partial charge in [-0.2, -0.15) is 5.26 Å². The molecule has 0 radical (unpaired) electrons. The molecule has 1 aromatic rings. The van der Waals surface area contributed by atoms with Crippen LogP contribution in [0.1, 0.15) is 40.5 Å². The molecule has 0 aliphatic carbocycles. The third kappa shape index (κ3) is 6.61. The second-order valence-electron chi connectivity index (χ2n) is 6.08. The summed E-state index contributed by atoms with van der Waals surface area (Å²) < 4.78 is 2.53. The number of hydrogen-bond donors (Lipinski definition) is 1. The molecule has 1 atom stereocenters. The van der Waals surface area contributed by atoms with Crippen LogP contribution in [0.2, 0.25) is 0 Å². The Morgan fingerprint density at radius 3 is 2.38 bits per heavy atom. The topological polar surface area (TPSA) is 97.1 Å². The third-order valence-electron chi connectivity index (χ3n) is 4.40. The van der Waals surface area contributed by atoms with Crippen molar-refractivity contribution in [2.24, 2.45) is 12.8 Å². The number of aromatic nitrogens is 2. The van der Waals surface area contributed by atoms with Crippen LogP contribution in [0.5, 0.6) is 0 Å². The van der Waals surface area contributed by atoms with E-state index >= 15 is 0 Å². The van der Waals surface area contributed by atoms with Crippen LogP contribution < -0.4 is 21.9 Å². The van der Waals surface area contributed by atoms with Crippen molar-refractivity contribution < 1.29 is 0 Å². The Hall–Kier alpha value is -2.85. The summed E-state index contributed by atoms with van der Waals surface area (Å²) in [6.45, 7) is 16.8. The van der Waals surface area contributed by atoms with Gasteiger partial charge in [-0.05, 0) is 18.4 Å². The van der Waals surface area contributed by atoms with Crippen LogP contribution in [0.15, 0.2) is 52.1 Å². The van der Waals surface area contributed by atoms with Gasteiger partial charge >= 0.3 is 5.69 Å². The van der Waals surface area contributed by atoms with E-state index in [1.807, 2.05) is 38.7 Å². The quantitative estimate of drug-likeness (QED) is 0.604. The molecule has 1 unspecified atom stereocenters. The number of nitriles is 1. The minimum atomic E-state index is -0.442. The molecule has 2 heterocycles. The molecule has 7 nitrogen and oxygen atoms in total. The summed E-state index contributed by atoms with van der Waals surface area (Å²) in [6.07, 6.45) is 4.77. The largest absolute Gasteiger partial charge is 0.356 e. The first-order valence-corrected chi connectivity index (χ1v) is 10.1. The molecule has 0 aromatic carbocycles. The molecule has 1 aliphatic heterocycles. The Labute approximate surface area is 174 Å². The monoisotopic (exact) mass is 401 g/mol. The van der Waals surface area contributed by atoms with Crippen LogP contribution in [0.3, 0.4) is 0 Å². The Morgan fingerprint density at radius 1 is 1.28 bits per heavy atom. The van der Waals surface area contributed by atoms with Gasteiger partial charge in [-0.3, -0.25) is 13.9 Å². The first-order chi connectivity index (χ1) is 13.9. The highest BCUT2D eigenvalue weighted by Crippen LogP contribution is 2.19. The van der Waals surface area contributed by atoms with Crippen molar-refractivity contribution in [3.8, 4) is 6.07 Å². The number of anilines is 1. The van der Waals surface area contributed by atoms with Crippen molar-refractivity contribution in [3.63, 3.8) is 0 Å². The van der Waals surface area contributed by atoms with Crippen molar-refractivity contribution in [3.05, 3.63) is 63.4 Å². The number of nitrogens with zero attached hydrogens (tertiary/aromatic N) is 4. The molecule has 2 rings (SSSR count). The summed E-state index contributed by atoms with van der Waals surface area (Å²) in [6, 6.07) is 3.49. The summed E-state index contributed by atoms with van der Waals surface area (Å²) in [5.41, 5.74) is 6.14. The second kappa shape index (κ2) is 13.3. The highest BCUT2D eigenvalue weighted by Gasteiger charge is 2.22. The smallest absolute Gasteiger partial charge is 0.332 e. The Kier molecular flexibility index (Phi) is 12.0. The maximum Gasteiger partial charge on any atom is 0.332 e. The summed E-state index contributed by atoms with van der Waals surface area (Å²) in [4.78, 5) is 26.8. The molecule has 160 valence electrons. The molecule has 29 heavy (non-hydrogen) atoms. The zero-order chi connectivity index (χ0) is 22.6. The SMILES string of the molecule is C=C/C(C#N)=C(\C=C)Cn1c(N2CCCC(N)C2)cc(=O)n(C)c1=O.CC.CC. The Balaban J connectivity index is 0.00000184. The minimum Gasteiger partial charge on any atom is -0.356 e. The fourth-order valence-electron chi connectivity index (χ4n) is 2.97. The average molecular weight is 402 g/mol. The molecule has 0 amide bonds. The zero-order valence-corrected chi connectivity index (χ0v) is 18.4. The van der Waals surface area contributed by atoms with E-state index in [-0.39, 0.29) is 18.1 Å². The predicted octanol–water partition coefficient (Wildman–Crippen LogP) is 2.72. The second-order valence-corrected chi connectivity index (χ2v) is 6.08. The fraction of sp³-hybridized carbons (Fsp3) is 0.500. The minimum absolute atomic E-state index is 0.00128. The van der Waals surface area contributed by atoms with E-state index in [0.29, 0.717) is 23.5 Å². The van der Waals surface area contributed by atoms with Gasteiger partial charge in [0.15, 0.2) is 0 Å². The van der Waals surface area contributed by atoms with Crippen LogP contribution in [-0.2, 0) is 13.6 Å².